The molecule has 0 aromatic heterocycles. The molecule has 0 aliphatic carbocycles. The van der Waals surface area contributed by atoms with Crippen molar-refractivity contribution in [3.8, 4) is 0 Å². The Morgan fingerprint density at radius 1 is 1.52 bits per heavy atom. The molecule has 2 amide bonds. The Bertz CT molecular complexity index is 578. The number of hydroxylamine groups is 2. The third kappa shape index (κ3) is 5.97. The van der Waals surface area contributed by atoms with Crippen molar-refractivity contribution in [2.24, 2.45) is 10.9 Å². The lowest BCUT2D eigenvalue weighted by molar-refractivity contribution is -0.155. The summed E-state index contributed by atoms with van der Waals surface area (Å²) in [5, 5.41) is 13.1. The van der Waals surface area contributed by atoms with Crippen LogP contribution in [0.4, 0.5) is 0 Å². The van der Waals surface area contributed by atoms with E-state index >= 15 is 0 Å². The third-order valence-corrected chi connectivity index (χ3v) is 5.23. The maximum Gasteiger partial charge on any atom is 0.242 e. The van der Waals surface area contributed by atoms with E-state index in [4.69, 9.17) is 0 Å². The fourth-order valence-electron chi connectivity index (χ4n) is 3.83. The van der Waals surface area contributed by atoms with Gasteiger partial charge in [-0.05, 0) is 32.2 Å². The first-order valence-corrected chi connectivity index (χ1v) is 9.75. The molecule has 0 spiro atoms. The van der Waals surface area contributed by atoms with Crippen LogP contribution >= 0.6 is 0 Å². The first kappa shape index (κ1) is 21.2. The van der Waals surface area contributed by atoms with Crippen molar-refractivity contribution in [1.29, 1.82) is 0 Å². The van der Waals surface area contributed by atoms with Gasteiger partial charge in [-0.2, -0.15) is 0 Å². The monoisotopic (exact) mass is 378 g/mol. The first-order valence-electron chi connectivity index (χ1n) is 9.75. The van der Waals surface area contributed by atoms with Gasteiger partial charge in [0, 0.05) is 18.5 Å². The zero-order chi connectivity index (χ0) is 19.6. The summed E-state index contributed by atoms with van der Waals surface area (Å²) in [6.45, 7) is 2.77. The van der Waals surface area contributed by atoms with Crippen LogP contribution in [0.2, 0.25) is 0 Å². The fraction of sp³-hybridized carbons (Fsp3) is 0.684. The Kier molecular flexibility index (Phi) is 8.60. The summed E-state index contributed by atoms with van der Waals surface area (Å²) in [6.07, 6.45) is 10.4. The highest BCUT2D eigenvalue weighted by molar-refractivity contribution is 6.01. The maximum absolute atomic E-state index is 12.8. The number of unbranched alkanes of at least 4 members (excludes halogenated alkanes) is 1. The molecule has 8 nitrogen and oxygen atoms in total. The van der Waals surface area contributed by atoms with Crippen molar-refractivity contribution >= 4 is 24.4 Å². The minimum Gasteiger partial charge on any atom is -0.313 e. The van der Waals surface area contributed by atoms with E-state index in [0.717, 1.165) is 32.0 Å². The largest absolute Gasteiger partial charge is 0.313 e. The summed E-state index contributed by atoms with van der Waals surface area (Å²) in [4.78, 5) is 41.6. The fourth-order valence-corrected chi connectivity index (χ4v) is 3.83. The second-order valence-corrected chi connectivity index (χ2v) is 7.14. The predicted octanol–water partition coefficient (Wildman–Crippen LogP) is 1.49. The Hall–Kier alpha value is -2.06. The van der Waals surface area contributed by atoms with Gasteiger partial charge in [0.15, 0.2) is 0 Å². The van der Waals surface area contributed by atoms with Crippen LogP contribution in [0.15, 0.2) is 17.3 Å². The van der Waals surface area contributed by atoms with Crippen LogP contribution in [0.5, 0.6) is 0 Å². The molecule has 1 saturated heterocycles. The van der Waals surface area contributed by atoms with Crippen molar-refractivity contribution < 1.29 is 19.6 Å². The number of hydrogen-bond donors (Lipinski definition) is 2. The molecule has 8 heteroatoms. The van der Waals surface area contributed by atoms with Crippen LogP contribution in [0.1, 0.15) is 51.9 Å². The van der Waals surface area contributed by atoms with E-state index in [1.165, 1.54) is 0 Å². The number of nitrogens with zero attached hydrogens (tertiary/aromatic N) is 3. The zero-order valence-electron chi connectivity index (χ0n) is 15.9. The molecule has 1 fully saturated rings. The van der Waals surface area contributed by atoms with Gasteiger partial charge in [0.2, 0.25) is 12.3 Å². The molecular formula is C19H30N4O4. The molecule has 0 radical (unpaired) electrons. The van der Waals surface area contributed by atoms with Gasteiger partial charge in [-0.3, -0.25) is 19.7 Å². The average Bonchev–Trinajstić information content (AvgIpc) is 3.16. The minimum absolute atomic E-state index is 0.0786. The minimum atomic E-state index is -0.516. The molecule has 0 unspecified atom stereocenters. The molecule has 2 rings (SSSR count). The van der Waals surface area contributed by atoms with Gasteiger partial charge in [-0.25, -0.2) is 10.1 Å². The van der Waals surface area contributed by atoms with Crippen LogP contribution in [-0.4, -0.2) is 64.8 Å². The topological polar surface area (TPSA) is 102 Å². The molecule has 3 atom stereocenters. The molecule has 150 valence electrons. The van der Waals surface area contributed by atoms with E-state index in [9.17, 15) is 19.6 Å². The molecular weight excluding hydrogens is 348 g/mol. The lowest BCUT2D eigenvalue weighted by Crippen LogP contribution is -2.53. The van der Waals surface area contributed by atoms with Crippen molar-refractivity contribution in [2.75, 3.05) is 13.1 Å². The van der Waals surface area contributed by atoms with E-state index in [1.54, 1.807) is 6.20 Å². The second kappa shape index (κ2) is 10.9. The molecule has 0 bridgehead atoms. The van der Waals surface area contributed by atoms with Gasteiger partial charge in [-0.1, -0.05) is 25.8 Å². The summed E-state index contributed by atoms with van der Waals surface area (Å²) in [7, 11) is 0. The Morgan fingerprint density at radius 3 is 2.96 bits per heavy atom. The number of nitrogens with one attached hydrogen (secondary N) is 1. The van der Waals surface area contributed by atoms with Crippen LogP contribution in [0, 0.1) is 5.92 Å². The number of rotatable bonds is 10. The second-order valence-electron chi connectivity index (χ2n) is 7.14. The number of amides is 2. The number of hydrogen-bond acceptors (Lipinski definition) is 6. The Morgan fingerprint density at radius 2 is 2.33 bits per heavy atom. The summed E-state index contributed by atoms with van der Waals surface area (Å²) in [6, 6.07) is -0.918. The van der Waals surface area contributed by atoms with Crippen molar-refractivity contribution in [2.45, 2.75) is 64.0 Å². The van der Waals surface area contributed by atoms with Gasteiger partial charge in [0.25, 0.3) is 0 Å². The molecule has 2 aliphatic heterocycles. The van der Waals surface area contributed by atoms with Crippen molar-refractivity contribution in [1.82, 2.24) is 15.3 Å². The third-order valence-electron chi connectivity index (χ3n) is 5.23. The normalized spacial score (nSPS) is 22.0. The maximum atomic E-state index is 12.8. The van der Waals surface area contributed by atoms with Crippen LogP contribution in [0.3, 0.4) is 0 Å². The van der Waals surface area contributed by atoms with Crippen LogP contribution < -0.4 is 5.32 Å². The number of likely N-dealkylation sites (tertiary alicyclic amines) is 1. The highest BCUT2D eigenvalue weighted by Crippen LogP contribution is 2.26. The van der Waals surface area contributed by atoms with E-state index in [1.807, 2.05) is 11.0 Å². The number of amidine groups is 1. The van der Waals surface area contributed by atoms with Crippen molar-refractivity contribution in [3.05, 3.63) is 12.3 Å². The van der Waals surface area contributed by atoms with Crippen LogP contribution in [-0.2, 0) is 14.4 Å². The van der Waals surface area contributed by atoms with Crippen molar-refractivity contribution in [3.63, 3.8) is 0 Å². The first-order chi connectivity index (χ1) is 13.1. The summed E-state index contributed by atoms with van der Waals surface area (Å²) >= 11 is 0. The number of aliphatic imine (C=N–C) groups is 1. The Balaban J connectivity index is 2.10. The van der Waals surface area contributed by atoms with E-state index in [0.29, 0.717) is 43.1 Å². The number of allylic oxidation sites excluding steroid dienone is 1. The highest BCUT2D eigenvalue weighted by Gasteiger charge is 2.39. The van der Waals surface area contributed by atoms with Gasteiger partial charge in [0.05, 0.1) is 18.6 Å². The molecule has 27 heavy (non-hydrogen) atoms. The SMILES string of the molecule is CCCC[C@H](CN(O)C=O)[C@@H](C=O)N1CCC[C@H]1C(=O)NC1=NC=CCC1. The molecule has 2 N–H and O–H groups in total. The van der Waals surface area contributed by atoms with E-state index in [2.05, 4.69) is 17.2 Å². The predicted molar refractivity (Wildman–Crippen MR) is 101 cm³/mol. The lowest BCUT2D eigenvalue weighted by Gasteiger charge is -2.35. The number of aldehydes is 1. The standard InChI is InChI=1S/C19H30N4O4/c1-2-3-7-15(12-22(27)14-25)17(13-24)23-11-6-8-16(23)19(26)21-18-9-4-5-10-20-18/h5,10,13-17,27H,2-4,6-9,11-12H2,1H3,(H,20,21,26)/t15-,16+,17-/m1/s1. The average molecular weight is 378 g/mol. The Labute approximate surface area is 160 Å². The number of carbonyl (C=O) groups excluding carboxylic acids is 3. The molecule has 0 aromatic carbocycles. The van der Waals surface area contributed by atoms with Crippen LogP contribution in [0.25, 0.3) is 0 Å². The van der Waals surface area contributed by atoms with E-state index < -0.39 is 12.1 Å². The molecule has 2 aliphatic rings. The highest BCUT2D eigenvalue weighted by atomic mass is 16.5. The van der Waals surface area contributed by atoms with Gasteiger partial charge in [0.1, 0.15) is 12.1 Å². The summed E-state index contributed by atoms with van der Waals surface area (Å²) < 4.78 is 0. The smallest absolute Gasteiger partial charge is 0.242 e. The zero-order valence-corrected chi connectivity index (χ0v) is 15.9. The number of carbonyl (C=O) groups is 3. The molecule has 0 aromatic rings. The lowest BCUT2D eigenvalue weighted by atomic mass is 9.92. The summed E-state index contributed by atoms with van der Waals surface area (Å²) in [5.41, 5.74) is 0. The molecule has 0 saturated carbocycles. The quantitative estimate of drug-likeness (QED) is 0.341. The van der Waals surface area contributed by atoms with E-state index in [-0.39, 0.29) is 18.4 Å². The van der Waals surface area contributed by atoms with Gasteiger partial charge in [-0.15, -0.1) is 0 Å². The summed E-state index contributed by atoms with van der Waals surface area (Å²) in [5.74, 6) is 0.293. The molecule has 2 heterocycles. The van der Waals surface area contributed by atoms with Gasteiger partial charge >= 0.3 is 0 Å². The van der Waals surface area contributed by atoms with Gasteiger partial charge < -0.3 is 10.1 Å².